The first-order valence-corrected chi connectivity index (χ1v) is 16.7. The van der Waals surface area contributed by atoms with E-state index in [2.05, 4.69) is 49.7 Å². The van der Waals surface area contributed by atoms with Crippen molar-refractivity contribution in [2.75, 3.05) is 25.7 Å². The Morgan fingerprint density at radius 2 is 1.50 bits per heavy atom. The third-order valence-corrected chi connectivity index (χ3v) is 7.29. The number of fused-ring (bicyclic) bond motifs is 1. The molecule has 13 nitrogen and oxygen atoms in total. The molecule has 2 aromatic rings. The summed E-state index contributed by atoms with van der Waals surface area (Å²) in [7, 11) is 2.94. The molecule has 2 aliphatic heterocycles. The molecule has 0 aromatic heterocycles. The zero-order valence-corrected chi connectivity index (χ0v) is 30.4. The number of hydrogen-bond donors (Lipinski definition) is 0. The lowest BCUT2D eigenvalue weighted by atomic mass is 9.79. The second kappa shape index (κ2) is 20.0. The Kier molecular flexibility index (Phi) is 17.2. The van der Waals surface area contributed by atoms with Crippen molar-refractivity contribution in [3.8, 4) is 11.5 Å². The van der Waals surface area contributed by atoms with Gasteiger partial charge in [0.05, 0.1) is 25.2 Å². The second-order valence-corrected chi connectivity index (χ2v) is 11.3. The van der Waals surface area contributed by atoms with Gasteiger partial charge >= 0.3 is 5.97 Å². The number of non-ortho nitro benzene ring substituents is 1. The molecule has 1 atom stereocenters. The summed E-state index contributed by atoms with van der Waals surface area (Å²) in [6, 6.07) is 7.91. The molecular weight excluding hydrogens is 618 g/mol. The molecule has 2 heterocycles. The lowest BCUT2D eigenvalue weighted by Gasteiger charge is -2.47. The van der Waals surface area contributed by atoms with Gasteiger partial charge in [0, 0.05) is 49.2 Å². The first-order chi connectivity index (χ1) is 22.9. The predicted molar refractivity (Wildman–Crippen MR) is 186 cm³/mol. The largest absolute Gasteiger partial charge is 0.494 e. The Hall–Kier alpha value is -4.55. The average molecular weight is 672 g/mol. The molecule has 48 heavy (non-hydrogen) atoms. The maximum Gasteiger partial charge on any atom is 0.333 e. The van der Waals surface area contributed by atoms with Crippen LogP contribution in [-0.2, 0) is 19.2 Å². The van der Waals surface area contributed by atoms with Crippen molar-refractivity contribution in [3.05, 3.63) is 46.0 Å². The maximum absolute atomic E-state index is 12.4. The molecular formula is C35H53N5O8. The molecule has 1 fully saturated rings. The van der Waals surface area contributed by atoms with Gasteiger partial charge in [-0.25, -0.2) is 4.79 Å². The van der Waals surface area contributed by atoms with Crippen LogP contribution in [0.1, 0.15) is 112 Å². The van der Waals surface area contributed by atoms with Crippen molar-refractivity contribution in [2.45, 2.75) is 112 Å². The van der Waals surface area contributed by atoms with Gasteiger partial charge in [0.2, 0.25) is 0 Å². The molecule has 0 N–H and O–H groups in total. The van der Waals surface area contributed by atoms with E-state index in [-0.39, 0.29) is 42.2 Å². The van der Waals surface area contributed by atoms with Crippen LogP contribution >= 0.6 is 0 Å². The lowest BCUT2D eigenvalue weighted by Crippen LogP contribution is -2.49. The predicted octanol–water partition coefficient (Wildman–Crippen LogP) is 8.98. The number of nitro groups is 1. The number of nitrogens with zero attached hydrogens (tertiary/aromatic N) is 5. The summed E-state index contributed by atoms with van der Waals surface area (Å²) >= 11 is 0. The van der Waals surface area contributed by atoms with E-state index in [9.17, 15) is 24.5 Å². The zero-order chi connectivity index (χ0) is 36.6. The van der Waals surface area contributed by atoms with E-state index < -0.39 is 22.7 Å². The topological polar surface area (TPSA) is 153 Å². The lowest BCUT2D eigenvalue weighted by molar-refractivity contribution is -0.384. The first kappa shape index (κ1) is 41.5. The van der Waals surface area contributed by atoms with Crippen LogP contribution in [0.2, 0.25) is 0 Å². The summed E-state index contributed by atoms with van der Waals surface area (Å²) in [5.74, 6) is -0.757. The van der Waals surface area contributed by atoms with Gasteiger partial charge in [0.25, 0.3) is 17.5 Å². The number of hydroxylamine groups is 2. The molecule has 0 saturated carbocycles. The van der Waals surface area contributed by atoms with Gasteiger partial charge in [-0.1, -0.05) is 54.9 Å². The van der Waals surface area contributed by atoms with Gasteiger partial charge in [0.1, 0.15) is 17.1 Å². The normalized spacial score (nSPS) is 16.0. The number of nitro benzene ring substituents is 1. The average Bonchev–Trinajstić information content (AvgIpc) is 3.38. The third-order valence-electron chi connectivity index (χ3n) is 7.29. The number of imide groups is 1. The molecule has 266 valence electrons. The number of amides is 2. The van der Waals surface area contributed by atoms with Crippen molar-refractivity contribution in [2.24, 2.45) is 10.2 Å². The number of carbonyl (C=O) groups excluding carboxylic acids is 3. The SMILES string of the molecule is CC.CC.CCC.COc1cc([N+](=O)[O-])ccc1N=Nc1cc2c(cc1OC)N(CCCC(=O)ON1C(=O)CCC1=O)C(C)(C)CC2C. The van der Waals surface area contributed by atoms with Gasteiger partial charge in [-0.05, 0) is 50.3 Å². The Labute approximate surface area is 284 Å². The number of rotatable bonds is 10. The number of benzene rings is 2. The quantitative estimate of drug-likeness (QED) is 0.104. The molecule has 0 spiro atoms. The Morgan fingerprint density at radius 1 is 0.958 bits per heavy atom. The fourth-order valence-corrected chi connectivity index (χ4v) is 5.32. The van der Waals surface area contributed by atoms with Crippen LogP contribution in [0.15, 0.2) is 40.6 Å². The monoisotopic (exact) mass is 671 g/mol. The van der Waals surface area contributed by atoms with Gasteiger partial charge in [-0.15, -0.1) is 15.3 Å². The highest BCUT2D eigenvalue weighted by Crippen LogP contribution is 2.48. The van der Waals surface area contributed by atoms with Crippen LogP contribution < -0.4 is 14.4 Å². The smallest absolute Gasteiger partial charge is 0.333 e. The summed E-state index contributed by atoms with van der Waals surface area (Å²) in [5, 5.41) is 20.3. The molecule has 13 heteroatoms. The van der Waals surface area contributed by atoms with E-state index in [0.29, 0.717) is 35.2 Å². The molecule has 0 bridgehead atoms. The van der Waals surface area contributed by atoms with E-state index >= 15 is 0 Å². The minimum Gasteiger partial charge on any atom is -0.494 e. The molecule has 0 aliphatic carbocycles. The van der Waals surface area contributed by atoms with E-state index in [0.717, 1.165) is 17.7 Å². The van der Waals surface area contributed by atoms with Crippen molar-refractivity contribution >= 4 is 40.5 Å². The Balaban J connectivity index is 0.00000153. The number of hydrogen-bond acceptors (Lipinski definition) is 11. The van der Waals surface area contributed by atoms with Crippen LogP contribution in [0.3, 0.4) is 0 Å². The van der Waals surface area contributed by atoms with Crippen molar-refractivity contribution in [1.29, 1.82) is 0 Å². The van der Waals surface area contributed by atoms with Crippen LogP contribution in [0.5, 0.6) is 11.5 Å². The van der Waals surface area contributed by atoms with Gasteiger partial charge in [-0.3, -0.25) is 19.7 Å². The van der Waals surface area contributed by atoms with Gasteiger partial charge < -0.3 is 19.2 Å². The second-order valence-electron chi connectivity index (χ2n) is 11.3. The van der Waals surface area contributed by atoms with Crippen LogP contribution in [0.25, 0.3) is 0 Å². The molecule has 0 radical (unpaired) electrons. The zero-order valence-electron chi connectivity index (χ0n) is 30.4. The molecule has 2 aliphatic rings. The summed E-state index contributed by atoms with van der Waals surface area (Å²) in [6.45, 7) is 19.2. The Morgan fingerprint density at radius 3 is 2.04 bits per heavy atom. The molecule has 1 saturated heterocycles. The first-order valence-electron chi connectivity index (χ1n) is 16.7. The number of ether oxygens (including phenoxy) is 2. The standard InChI is InChI=1S/C28H33N5O8.C3H8.2C2H6/c1-17-16-28(2,3)31(12-6-7-27(36)41-32-25(34)10-11-26(32)35)22-15-24(40-5)21(14-19(17)22)30-29-20-9-8-18(33(37)38)13-23(20)39-4;1-3-2;2*1-2/h8-9,13-15,17H,6-7,10-12,16H2,1-5H3;3H2,1-2H3;2*1-2H3. The van der Waals surface area contributed by atoms with Crippen LogP contribution in [-0.4, -0.2) is 54.1 Å². The van der Waals surface area contributed by atoms with E-state index in [1.54, 1.807) is 0 Å². The Bertz CT molecular complexity index is 1410. The number of carbonyl (C=O) groups is 3. The minimum absolute atomic E-state index is 0.0367. The molecule has 2 aromatic carbocycles. The highest BCUT2D eigenvalue weighted by atomic mass is 16.7. The van der Waals surface area contributed by atoms with E-state index in [1.807, 2.05) is 39.8 Å². The highest BCUT2D eigenvalue weighted by Gasteiger charge is 2.37. The fraction of sp³-hybridized carbons (Fsp3) is 0.571. The van der Waals surface area contributed by atoms with E-state index in [4.69, 9.17) is 14.3 Å². The molecule has 2 amide bonds. The summed E-state index contributed by atoms with van der Waals surface area (Å²) < 4.78 is 10.9. The maximum atomic E-state index is 12.4. The third kappa shape index (κ3) is 10.7. The minimum atomic E-state index is -0.632. The van der Waals surface area contributed by atoms with Gasteiger partial charge in [-0.2, -0.15) is 0 Å². The van der Waals surface area contributed by atoms with Gasteiger partial charge in [0.15, 0.2) is 5.75 Å². The number of anilines is 1. The highest BCUT2D eigenvalue weighted by molar-refractivity contribution is 6.01. The van der Waals surface area contributed by atoms with Crippen LogP contribution in [0.4, 0.5) is 22.7 Å². The summed E-state index contributed by atoms with van der Waals surface area (Å²) in [6.07, 6.45) is 2.66. The molecule has 4 rings (SSSR count). The molecule has 1 unspecified atom stereocenters. The van der Waals surface area contributed by atoms with Crippen molar-refractivity contribution < 1.29 is 33.6 Å². The van der Waals surface area contributed by atoms with Crippen molar-refractivity contribution in [3.63, 3.8) is 0 Å². The summed E-state index contributed by atoms with van der Waals surface area (Å²) in [5.41, 5.74) is 2.44. The summed E-state index contributed by atoms with van der Waals surface area (Å²) in [4.78, 5) is 53.6. The van der Waals surface area contributed by atoms with Crippen LogP contribution in [0, 0.1) is 10.1 Å². The number of azo groups is 1. The van der Waals surface area contributed by atoms with E-state index in [1.165, 1.54) is 38.8 Å². The number of methoxy groups -OCH3 is 2. The van der Waals surface area contributed by atoms with Crippen molar-refractivity contribution in [1.82, 2.24) is 5.06 Å². The fourth-order valence-electron chi connectivity index (χ4n) is 5.32.